The molecule has 2 aliphatic rings. The molecule has 0 bridgehead atoms. The Morgan fingerprint density at radius 3 is 2.48 bits per heavy atom. The van der Waals surface area contributed by atoms with Crippen LogP contribution in [0.1, 0.15) is 46.5 Å². The number of aromatic nitrogens is 1. The molecule has 2 aliphatic heterocycles. The highest BCUT2D eigenvalue weighted by molar-refractivity contribution is 7.89. The van der Waals surface area contributed by atoms with Gasteiger partial charge in [0.05, 0.1) is 30.4 Å². The third-order valence-corrected chi connectivity index (χ3v) is 9.89. The standard InChI is InChI=1S/C33H33N3O5S/c1-21-17-25(40-3)11-14-27(21)33-28-18-32(23-7-5-4-6-8-23)41-20-30(28)29-19-36(16-15-31(29)35-33)42(38,39)26-12-9-24(10-13-26)34-22(2)37/h4-14,17,32H,15-16,18-20H2,1-3H3,(H,34,37). The number of sulfonamides is 1. The molecule has 1 atom stereocenters. The van der Waals surface area contributed by atoms with E-state index in [0.29, 0.717) is 31.7 Å². The number of carbonyl (C=O) groups is 1. The van der Waals surface area contributed by atoms with Gasteiger partial charge < -0.3 is 14.8 Å². The molecule has 0 spiro atoms. The van der Waals surface area contributed by atoms with Gasteiger partial charge in [-0.25, -0.2) is 8.42 Å². The topological polar surface area (TPSA) is 97.8 Å². The first-order valence-corrected chi connectivity index (χ1v) is 15.4. The molecule has 1 N–H and O–H groups in total. The van der Waals surface area contributed by atoms with Gasteiger partial charge >= 0.3 is 0 Å². The molecule has 4 aromatic rings. The van der Waals surface area contributed by atoms with Crippen molar-refractivity contribution in [1.82, 2.24) is 9.29 Å². The van der Waals surface area contributed by atoms with Gasteiger partial charge in [0.2, 0.25) is 15.9 Å². The minimum Gasteiger partial charge on any atom is -0.497 e. The van der Waals surface area contributed by atoms with Crippen molar-refractivity contribution in [3.63, 3.8) is 0 Å². The molecule has 3 aromatic carbocycles. The second-order valence-corrected chi connectivity index (χ2v) is 12.7. The van der Waals surface area contributed by atoms with E-state index in [0.717, 1.165) is 50.5 Å². The molecular formula is C33H33N3O5S. The molecule has 216 valence electrons. The Balaban J connectivity index is 1.40. The summed E-state index contributed by atoms with van der Waals surface area (Å²) in [5.74, 6) is 0.580. The lowest BCUT2D eigenvalue weighted by molar-refractivity contribution is -0.114. The van der Waals surface area contributed by atoms with Crippen LogP contribution in [-0.4, -0.2) is 37.3 Å². The highest BCUT2D eigenvalue weighted by Gasteiger charge is 2.35. The van der Waals surface area contributed by atoms with Crippen LogP contribution in [0.3, 0.4) is 0 Å². The summed E-state index contributed by atoms with van der Waals surface area (Å²) in [6.07, 6.45) is 1.01. The molecular weight excluding hydrogens is 550 g/mol. The number of nitrogens with one attached hydrogen (secondary N) is 1. The largest absolute Gasteiger partial charge is 0.497 e. The van der Waals surface area contributed by atoms with Crippen LogP contribution in [0.4, 0.5) is 5.69 Å². The molecule has 0 radical (unpaired) electrons. The SMILES string of the molecule is COc1ccc(-c2nc3c(c4c2CC(c2ccccc2)OC4)CN(S(=O)(=O)c2ccc(NC(C)=O)cc2)CC3)c(C)c1. The number of ether oxygens (including phenoxy) is 2. The van der Waals surface area contributed by atoms with E-state index in [2.05, 4.69) is 30.4 Å². The number of fused-ring (bicyclic) bond motifs is 3. The maximum Gasteiger partial charge on any atom is 0.243 e. The number of amides is 1. The second kappa shape index (κ2) is 11.3. The number of pyridine rings is 1. The van der Waals surface area contributed by atoms with Crippen LogP contribution in [0.15, 0.2) is 77.7 Å². The number of benzene rings is 3. The Morgan fingerprint density at radius 2 is 1.79 bits per heavy atom. The smallest absolute Gasteiger partial charge is 0.243 e. The van der Waals surface area contributed by atoms with E-state index < -0.39 is 10.0 Å². The van der Waals surface area contributed by atoms with Gasteiger partial charge in [-0.15, -0.1) is 0 Å². The van der Waals surface area contributed by atoms with E-state index in [-0.39, 0.29) is 23.5 Å². The van der Waals surface area contributed by atoms with Crippen LogP contribution in [0, 0.1) is 6.92 Å². The lowest BCUT2D eigenvalue weighted by atomic mass is 9.86. The molecule has 8 nitrogen and oxygen atoms in total. The fraction of sp³-hybridized carbons (Fsp3) is 0.273. The van der Waals surface area contributed by atoms with Crippen LogP contribution in [0.5, 0.6) is 5.75 Å². The molecule has 1 amide bonds. The normalized spacial score (nSPS) is 16.8. The van der Waals surface area contributed by atoms with Crippen LogP contribution in [0.25, 0.3) is 11.3 Å². The second-order valence-electron chi connectivity index (χ2n) is 10.7. The highest BCUT2D eigenvalue weighted by Crippen LogP contribution is 2.41. The fourth-order valence-electron chi connectivity index (χ4n) is 5.87. The molecule has 1 aromatic heterocycles. The van der Waals surface area contributed by atoms with Crippen molar-refractivity contribution in [1.29, 1.82) is 0 Å². The zero-order valence-electron chi connectivity index (χ0n) is 23.9. The number of hydrogen-bond acceptors (Lipinski definition) is 6. The average Bonchev–Trinajstić information content (AvgIpc) is 3.00. The average molecular weight is 584 g/mol. The van der Waals surface area contributed by atoms with E-state index in [9.17, 15) is 13.2 Å². The number of aryl methyl sites for hydroxylation is 1. The predicted octanol–water partition coefficient (Wildman–Crippen LogP) is 5.59. The first-order valence-electron chi connectivity index (χ1n) is 14.0. The molecule has 42 heavy (non-hydrogen) atoms. The Bertz CT molecular complexity index is 1760. The first-order chi connectivity index (χ1) is 20.2. The van der Waals surface area contributed by atoms with E-state index >= 15 is 0 Å². The summed E-state index contributed by atoms with van der Waals surface area (Å²) >= 11 is 0. The van der Waals surface area contributed by atoms with Crippen LogP contribution in [-0.2, 0) is 45.5 Å². The maximum absolute atomic E-state index is 13.7. The van der Waals surface area contributed by atoms with Gasteiger partial charge in [-0.05, 0) is 77.2 Å². The molecule has 0 saturated carbocycles. The lowest BCUT2D eigenvalue weighted by Gasteiger charge is -2.34. The summed E-state index contributed by atoms with van der Waals surface area (Å²) in [5.41, 5.74) is 8.65. The van der Waals surface area contributed by atoms with E-state index in [1.54, 1.807) is 19.2 Å². The molecule has 6 rings (SSSR count). The van der Waals surface area contributed by atoms with Crippen molar-refractivity contribution >= 4 is 21.6 Å². The third kappa shape index (κ3) is 5.31. The number of rotatable bonds is 6. The Morgan fingerprint density at radius 1 is 1.02 bits per heavy atom. The van der Waals surface area contributed by atoms with E-state index in [4.69, 9.17) is 14.5 Å². The van der Waals surface area contributed by atoms with Crippen LogP contribution < -0.4 is 10.1 Å². The number of methoxy groups -OCH3 is 1. The number of nitrogens with zero attached hydrogens (tertiary/aromatic N) is 2. The fourth-order valence-corrected chi connectivity index (χ4v) is 7.28. The van der Waals surface area contributed by atoms with Crippen molar-refractivity contribution in [2.45, 2.75) is 50.8 Å². The first kappa shape index (κ1) is 28.1. The molecule has 1 unspecified atom stereocenters. The zero-order chi connectivity index (χ0) is 29.4. The minimum absolute atomic E-state index is 0.124. The Labute approximate surface area is 246 Å². The van der Waals surface area contributed by atoms with Gasteiger partial charge in [-0.2, -0.15) is 4.31 Å². The van der Waals surface area contributed by atoms with Crippen molar-refractivity contribution in [2.24, 2.45) is 0 Å². The third-order valence-electron chi connectivity index (χ3n) is 8.03. The minimum atomic E-state index is -3.77. The van der Waals surface area contributed by atoms with E-state index in [1.165, 1.54) is 23.4 Å². The van der Waals surface area contributed by atoms with Gasteiger partial charge in [0.1, 0.15) is 5.75 Å². The predicted molar refractivity (Wildman–Crippen MR) is 161 cm³/mol. The molecule has 0 fully saturated rings. The summed E-state index contributed by atoms with van der Waals surface area (Å²) < 4.78 is 40.8. The van der Waals surface area contributed by atoms with Crippen molar-refractivity contribution in [2.75, 3.05) is 19.0 Å². The Kier molecular flexibility index (Phi) is 7.57. The van der Waals surface area contributed by atoms with Crippen molar-refractivity contribution < 1.29 is 22.7 Å². The molecule has 0 aliphatic carbocycles. The maximum atomic E-state index is 13.7. The quantitative estimate of drug-likeness (QED) is 0.318. The zero-order valence-corrected chi connectivity index (χ0v) is 24.7. The van der Waals surface area contributed by atoms with Gasteiger partial charge in [0.15, 0.2) is 0 Å². The number of carbonyl (C=O) groups excluding carboxylic acids is 1. The molecule has 9 heteroatoms. The summed E-state index contributed by atoms with van der Waals surface area (Å²) in [6, 6.07) is 22.5. The lowest BCUT2D eigenvalue weighted by Crippen LogP contribution is -2.37. The monoisotopic (exact) mass is 583 g/mol. The van der Waals surface area contributed by atoms with Gasteiger partial charge in [-0.3, -0.25) is 9.78 Å². The Hall–Kier alpha value is -4.05. The summed E-state index contributed by atoms with van der Waals surface area (Å²) in [5, 5.41) is 2.68. The van der Waals surface area contributed by atoms with E-state index in [1.807, 2.05) is 30.3 Å². The molecule has 3 heterocycles. The van der Waals surface area contributed by atoms with Crippen LogP contribution >= 0.6 is 0 Å². The van der Waals surface area contributed by atoms with Gasteiger partial charge in [0, 0.05) is 49.8 Å². The summed E-state index contributed by atoms with van der Waals surface area (Å²) in [7, 11) is -2.11. The number of anilines is 1. The van der Waals surface area contributed by atoms with Crippen molar-refractivity contribution in [3.05, 3.63) is 106 Å². The van der Waals surface area contributed by atoms with Crippen LogP contribution in [0.2, 0.25) is 0 Å². The summed E-state index contributed by atoms with van der Waals surface area (Å²) in [4.78, 5) is 16.8. The number of hydrogen-bond donors (Lipinski definition) is 1. The van der Waals surface area contributed by atoms with Gasteiger partial charge in [-0.1, -0.05) is 30.3 Å². The molecule has 0 saturated heterocycles. The van der Waals surface area contributed by atoms with Gasteiger partial charge in [0.25, 0.3) is 0 Å². The highest BCUT2D eigenvalue weighted by atomic mass is 32.2. The summed E-state index contributed by atoms with van der Waals surface area (Å²) in [6.45, 7) is 4.40. The van der Waals surface area contributed by atoms with Crippen molar-refractivity contribution in [3.8, 4) is 17.0 Å².